The van der Waals surface area contributed by atoms with Gasteiger partial charge in [0.05, 0.1) is 6.04 Å². The Bertz CT molecular complexity index is 1750. The molecule has 0 saturated carbocycles. The first kappa shape index (κ1) is 49.1. The number of nitrogens with one attached hydrogen (secondary N) is 5. The summed E-state index contributed by atoms with van der Waals surface area (Å²) in [4.78, 5) is 96.6. The minimum Gasteiger partial charge on any atom is -0.480 e. The molecular formula is C45H67N7O8. The SMILES string of the molecule is CC(C)C[C@@H](NC(=O)[C@@H](NC(=O)[C@H](Cc1ccccc1)NC(=O)[C@H](Cc1ccccc1)NC(=O)C1CCCN1C(=O)[C@@H](CC(C)C)NC(=O)[C@@H](N)C(C)C)C(C)C)C(=O)O. The van der Waals surface area contributed by atoms with E-state index in [1.165, 1.54) is 4.90 Å². The molecule has 7 atom stereocenters. The molecule has 0 bridgehead atoms. The van der Waals surface area contributed by atoms with Crippen molar-refractivity contribution in [3.8, 4) is 0 Å². The van der Waals surface area contributed by atoms with Gasteiger partial charge in [-0.2, -0.15) is 0 Å². The summed E-state index contributed by atoms with van der Waals surface area (Å²) in [5.41, 5.74) is 7.55. The first-order valence-electron chi connectivity index (χ1n) is 21.2. The van der Waals surface area contributed by atoms with Gasteiger partial charge in [0.25, 0.3) is 0 Å². The number of hydrogen-bond donors (Lipinski definition) is 7. The highest BCUT2D eigenvalue weighted by atomic mass is 16.4. The molecule has 0 radical (unpaired) electrons. The molecule has 2 aromatic rings. The van der Waals surface area contributed by atoms with Gasteiger partial charge in [0.2, 0.25) is 35.4 Å². The Morgan fingerprint density at radius 3 is 1.57 bits per heavy atom. The van der Waals surface area contributed by atoms with Gasteiger partial charge in [-0.1, -0.05) is 116 Å². The molecule has 1 fully saturated rings. The maximum Gasteiger partial charge on any atom is 0.326 e. The summed E-state index contributed by atoms with van der Waals surface area (Å²) >= 11 is 0. The monoisotopic (exact) mass is 834 g/mol. The van der Waals surface area contributed by atoms with E-state index in [-0.39, 0.29) is 43.6 Å². The Balaban J connectivity index is 1.91. The van der Waals surface area contributed by atoms with Gasteiger partial charge in [-0.25, -0.2) is 4.79 Å². The number of carbonyl (C=O) groups is 7. The zero-order valence-corrected chi connectivity index (χ0v) is 36.4. The second-order valence-electron chi connectivity index (χ2n) is 17.4. The van der Waals surface area contributed by atoms with Crippen LogP contribution in [0.15, 0.2) is 60.7 Å². The number of nitrogens with two attached hydrogens (primary N) is 1. The van der Waals surface area contributed by atoms with Crippen LogP contribution in [0, 0.1) is 23.7 Å². The molecule has 8 N–H and O–H groups in total. The highest BCUT2D eigenvalue weighted by Crippen LogP contribution is 2.22. The van der Waals surface area contributed by atoms with E-state index < -0.39 is 89.6 Å². The third-order valence-corrected chi connectivity index (χ3v) is 10.6. The lowest BCUT2D eigenvalue weighted by Crippen LogP contribution is -2.61. The number of carbonyl (C=O) groups excluding carboxylic acids is 6. The van der Waals surface area contributed by atoms with E-state index in [1.54, 1.807) is 50.2 Å². The highest BCUT2D eigenvalue weighted by molar-refractivity contribution is 5.97. The summed E-state index contributed by atoms with van der Waals surface area (Å²) in [5, 5.41) is 23.6. The average molecular weight is 834 g/mol. The van der Waals surface area contributed by atoms with E-state index >= 15 is 0 Å². The number of nitrogens with zero attached hydrogens (tertiary/aromatic N) is 1. The first-order chi connectivity index (χ1) is 28.3. The van der Waals surface area contributed by atoms with Gasteiger partial charge in [-0.15, -0.1) is 0 Å². The predicted octanol–water partition coefficient (Wildman–Crippen LogP) is 2.70. The largest absolute Gasteiger partial charge is 0.480 e. The molecule has 1 saturated heterocycles. The van der Waals surface area contributed by atoms with E-state index in [1.807, 2.05) is 65.8 Å². The highest BCUT2D eigenvalue weighted by Gasteiger charge is 2.40. The number of hydrogen-bond acceptors (Lipinski definition) is 8. The Morgan fingerprint density at radius 2 is 1.08 bits per heavy atom. The van der Waals surface area contributed by atoms with E-state index in [2.05, 4.69) is 26.6 Å². The van der Waals surface area contributed by atoms with Crippen molar-refractivity contribution in [2.45, 2.75) is 136 Å². The van der Waals surface area contributed by atoms with Crippen molar-refractivity contribution in [3.05, 3.63) is 71.8 Å². The van der Waals surface area contributed by atoms with E-state index in [4.69, 9.17) is 5.73 Å². The Hall–Kier alpha value is -5.31. The summed E-state index contributed by atoms with van der Waals surface area (Å²) in [6, 6.07) is 10.7. The van der Waals surface area contributed by atoms with Crippen molar-refractivity contribution in [3.63, 3.8) is 0 Å². The number of benzene rings is 2. The van der Waals surface area contributed by atoms with Gasteiger partial charge >= 0.3 is 5.97 Å². The quantitative estimate of drug-likeness (QED) is 0.0924. The molecule has 3 rings (SSSR count). The lowest BCUT2D eigenvalue weighted by atomic mass is 9.98. The van der Waals surface area contributed by atoms with Crippen molar-refractivity contribution < 1.29 is 38.7 Å². The number of likely N-dealkylation sites (tertiary alicyclic amines) is 1. The van der Waals surface area contributed by atoms with Gasteiger partial charge in [-0.3, -0.25) is 28.8 Å². The van der Waals surface area contributed by atoms with E-state index in [9.17, 15) is 38.7 Å². The second kappa shape index (κ2) is 23.5. The zero-order valence-electron chi connectivity index (χ0n) is 36.4. The van der Waals surface area contributed by atoms with Gasteiger partial charge in [0.15, 0.2) is 0 Å². The second-order valence-corrected chi connectivity index (χ2v) is 17.4. The van der Waals surface area contributed by atoms with Gasteiger partial charge in [0, 0.05) is 19.4 Å². The van der Waals surface area contributed by atoms with Crippen molar-refractivity contribution in [2.75, 3.05) is 6.54 Å². The van der Waals surface area contributed by atoms with Crippen molar-refractivity contribution in [1.29, 1.82) is 0 Å². The maximum absolute atomic E-state index is 14.4. The Labute approximate surface area is 354 Å². The fraction of sp³-hybridized carbons (Fsp3) is 0.578. The van der Waals surface area contributed by atoms with Gasteiger partial charge in [-0.05, 0) is 60.5 Å². The number of rotatable bonds is 22. The molecule has 1 unspecified atom stereocenters. The van der Waals surface area contributed by atoms with Crippen LogP contribution in [-0.4, -0.2) is 100 Å². The summed E-state index contributed by atoms with van der Waals surface area (Å²) in [6.45, 7) is 14.9. The first-order valence-corrected chi connectivity index (χ1v) is 21.2. The van der Waals surface area contributed by atoms with Crippen LogP contribution >= 0.6 is 0 Å². The fourth-order valence-electron chi connectivity index (χ4n) is 7.17. The minimum absolute atomic E-state index is 0.0194. The number of carboxylic acid groups (broad SMARTS) is 1. The Kier molecular flexibility index (Phi) is 19.2. The zero-order chi connectivity index (χ0) is 44.7. The predicted molar refractivity (Wildman–Crippen MR) is 229 cm³/mol. The third-order valence-electron chi connectivity index (χ3n) is 10.6. The van der Waals surface area contributed by atoms with Crippen LogP contribution in [-0.2, 0) is 46.4 Å². The smallest absolute Gasteiger partial charge is 0.326 e. The molecule has 6 amide bonds. The van der Waals surface area contributed by atoms with Crippen LogP contribution in [0.5, 0.6) is 0 Å². The summed E-state index contributed by atoms with van der Waals surface area (Å²) < 4.78 is 0. The normalized spacial score (nSPS) is 17.0. The van der Waals surface area contributed by atoms with Crippen LogP contribution in [0.4, 0.5) is 0 Å². The summed E-state index contributed by atoms with van der Waals surface area (Å²) in [6.07, 6.45) is 1.49. The molecule has 1 heterocycles. The van der Waals surface area contributed by atoms with Crippen molar-refractivity contribution in [1.82, 2.24) is 31.5 Å². The molecule has 2 aromatic carbocycles. The topological polar surface area (TPSA) is 229 Å². The van der Waals surface area contributed by atoms with E-state index in [0.29, 0.717) is 24.8 Å². The molecule has 60 heavy (non-hydrogen) atoms. The molecule has 330 valence electrons. The lowest BCUT2D eigenvalue weighted by molar-refractivity contribution is -0.143. The minimum atomic E-state index is -1.21. The standard InChI is InChI=1S/C45H67N7O8/c1-26(2)22-34(49-42(56)37(46)28(5)6)44(58)52-21-15-20-36(52)41(55)48-32(24-30-16-11-9-12-17-30)39(53)47-33(25-31-18-13-10-14-19-31)40(54)51-38(29(7)8)43(57)50-35(45(59)60)23-27(3)4/h9-14,16-19,26-29,32-38H,15,20-25,46H2,1-8H3,(H,47,53)(H,48,55)(H,49,56)(H,50,57)(H,51,54)(H,59,60)/t32-,33-,34+,35+,36?,37-,38-/m0/s1. The molecule has 0 spiro atoms. The molecule has 0 aromatic heterocycles. The molecule has 1 aliphatic heterocycles. The molecule has 0 aliphatic carbocycles. The molecule has 1 aliphatic rings. The average Bonchev–Trinajstić information content (AvgIpc) is 3.69. The number of aliphatic carboxylic acids is 1. The van der Waals surface area contributed by atoms with Crippen molar-refractivity contribution in [2.24, 2.45) is 29.4 Å². The van der Waals surface area contributed by atoms with Crippen LogP contribution < -0.4 is 32.3 Å². The molecule has 15 nitrogen and oxygen atoms in total. The van der Waals surface area contributed by atoms with Crippen molar-refractivity contribution >= 4 is 41.4 Å². The fourth-order valence-corrected chi connectivity index (χ4v) is 7.17. The van der Waals surface area contributed by atoms with E-state index in [0.717, 1.165) is 5.56 Å². The number of carboxylic acids is 1. The van der Waals surface area contributed by atoms with Crippen LogP contribution in [0.3, 0.4) is 0 Å². The molecule has 15 heteroatoms. The third kappa shape index (κ3) is 15.1. The van der Waals surface area contributed by atoms with Gasteiger partial charge in [0.1, 0.15) is 36.3 Å². The summed E-state index contributed by atoms with van der Waals surface area (Å²) in [5.74, 6) is -5.19. The van der Waals surface area contributed by atoms with Crippen LogP contribution in [0.1, 0.15) is 92.2 Å². The van der Waals surface area contributed by atoms with Gasteiger partial charge < -0.3 is 42.3 Å². The maximum atomic E-state index is 14.4. The summed E-state index contributed by atoms with van der Waals surface area (Å²) in [7, 11) is 0. The van der Waals surface area contributed by atoms with Crippen LogP contribution in [0.2, 0.25) is 0 Å². The number of amides is 6. The lowest BCUT2D eigenvalue weighted by Gasteiger charge is -2.31. The van der Waals surface area contributed by atoms with Crippen LogP contribution in [0.25, 0.3) is 0 Å². The molecular weight excluding hydrogens is 767 g/mol. The Morgan fingerprint density at radius 1 is 0.617 bits per heavy atom.